The molecule has 0 saturated carbocycles. The first-order valence-electron chi connectivity index (χ1n) is 7.55. The molecule has 0 aliphatic carbocycles. The largest absolute Gasteiger partial charge is 0.344 e. The molecule has 2 aromatic heterocycles. The Morgan fingerprint density at radius 2 is 2.09 bits per heavy atom. The molecule has 0 radical (unpaired) electrons. The highest BCUT2D eigenvalue weighted by Gasteiger charge is 2.28. The summed E-state index contributed by atoms with van der Waals surface area (Å²) in [6, 6.07) is 2.23. The molecular formula is C15H23N5O2. The highest BCUT2D eigenvalue weighted by Crippen LogP contribution is 2.23. The summed E-state index contributed by atoms with van der Waals surface area (Å²) in [4.78, 5) is 15.6. The Hall–Kier alpha value is -2.18. The fourth-order valence-corrected chi connectivity index (χ4v) is 2.40. The lowest BCUT2D eigenvalue weighted by Crippen LogP contribution is -2.40. The smallest absolute Gasteiger partial charge is 0.278 e. The average molecular weight is 305 g/mol. The number of nitrogens with one attached hydrogen (secondary N) is 1. The molecule has 2 aromatic rings. The summed E-state index contributed by atoms with van der Waals surface area (Å²) in [6.07, 6.45) is 3.96. The third-order valence-corrected chi connectivity index (χ3v) is 3.62. The minimum absolute atomic E-state index is 0.144. The number of hydrogen-bond acceptors (Lipinski definition) is 5. The Bertz CT molecular complexity index is 640. The zero-order valence-electron chi connectivity index (χ0n) is 13.8. The van der Waals surface area contributed by atoms with E-state index in [1.807, 2.05) is 30.8 Å². The number of carbonyl (C=O) groups excluding carboxylic acids is 1. The van der Waals surface area contributed by atoms with E-state index < -0.39 is 5.54 Å². The van der Waals surface area contributed by atoms with Crippen molar-refractivity contribution >= 4 is 5.91 Å². The first kappa shape index (κ1) is 16.2. The van der Waals surface area contributed by atoms with Gasteiger partial charge in [0.15, 0.2) is 11.5 Å². The van der Waals surface area contributed by atoms with Crippen molar-refractivity contribution < 1.29 is 9.32 Å². The van der Waals surface area contributed by atoms with Gasteiger partial charge in [-0.15, -0.1) is 0 Å². The van der Waals surface area contributed by atoms with Crippen molar-refractivity contribution in [2.45, 2.75) is 59.0 Å². The maximum absolute atomic E-state index is 11.2. The molecule has 1 N–H and O–H groups in total. The topological polar surface area (TPSA) is 85.8 Å². The summed E-state index contributed by atoms with van der Waals surface area (Å²) >= 11 is 0. The molecule has 2 rings (SSSR count). The van der Waals surface area contributed by atoms with Crippen molar-refractivity contribution in [2.75, 3.05) is 0 Å². The number of carbonyl (C=O) groups is 1. The lowest BCUT2D eigenvalue weighted by atomic mass is 10.1. The molecule has 22 heavy (non-hydrogen) atoms. The van der Waals surface area contributed by atoms with E-state index in [0.717, 1.165) is 12.8 Å². The van der Waals surface area contributed by atoms with E-state index in [2.05, 4.69) is 34.4 Å². The molecule has 7 heteroatoms. The van der Waals surface area contributed by atoms with Crippen molar-refractivity contribution in [3.8, 4) is 11.6 Å². The Morgan fingerprint density at radius 1 is 1.41 bits per heavy atom. The summed E-state index contributed by atoms with van der Waals surface area (Å²) in [5, 5.41) is 11.3. The van der Waals surface area contributed by atoms with Crippen LogP contribution in [-0.2, 0) is 10.3 Å². The maximum atomic E-state index is 11.2. The lowest BCUT2D eigenvalue weighted by Gasteiger charge is -2.20. The van der Waals surface area contributed by atoms with Crippen LogP contribution >= 0.6 is 0 Å². The molecule has 120 valence electrons. The molecule has 1 amide bonds. The van der Waals surface area contributed by atoms with Gasteiger partial charge in [-0.05, 0) is 32.8 Å². The molecule has 2 heterocycles. The molecule has 0 aliphatic heterocycles. The van der Waals surface area contributed by atoms with E-state index in [1.165, 1.54) is 6.92 Å². The first-order valence-corrected chi connectivity index (χ1v) is 7.55. The number of rotatable bonds is 6. The Balaban J connectivity index is 2.23. The predicted octanol–water partition coefficient (Wildman–Crippen LogP) is 2.67. The van der Waals surface area contributed by atoms with Crippen LogP contribution < -0.4 is 5.32 Å². The summed E-state index contributed by atoms with van der Waals surface area (Å²) in [6.45, 7) is 9.38. The van der Waals surface area contributed by atoms with Crippen LogP contribution in [0.3, 0.4) is 0 Å². The zero-order chi connectivity index (χ0) is 16.3. The van der Waals surface area contributed by atoms with Crippen molar-refractivity contribution in [3.05, 3.63) is 18.1 Å². The van der Waals surface area contributed by atoms with Gasteiger partial charge in [0, 0.05) is 13.1 Å². The van der Waals surface area contributed by atoms with E-state index in [-0.39, 0.29) is 5.91 Å². The number of aromatic nitrogens is 4. The van der Waals surface area contributed by atoms with Gasteiger partial charge in [-0.25, -0.2) is 0 Å². The molecule has 0 unspecified atom stereocenters. The maximum Gasteiger partial charge on any atom is 0.278 e. The molecule has 0 saturated heterocycles. The van der Waals surface area contributed by atoms with Gasteiger partial charge >= 0.3 is 0 Å². The molecule has 0 fully saturated rings. The molecule has 0 aromatic carbocycles. The minimum Gasteiger partial charge on any atom is -0.344 e. The average Bonchev–Trinajstić information content (AvgIpc) is 3.07. The Labute approximate surface area is 130 Å². The fraction of sp³-hybridized carbons (Fsp3) is 0.600. The van der Waals surface area contributed by atoms with E-state index in [1.54, 1.807) is 0 Å². The second-order valence-electron chi connectivity index (χ2n) is 5.88. The Morgan fingerprint density at radius 3 is 2.68 bits per heavy atom. The number of amides is 1. The van der Waals surface area contributed by atoms with E-state index >= 15 is 0 Å². The molecular weight excluding hydrogens is 282 g/mol. The van der Waals surface area contributed by atoms with E-state index in [4.69, 9.17) is 4.52 Å². The summed E-state index contributed by atoms with van der Waals surface area (Å²) in [5.41, 5.74) is -0.0461. The Kier molecular flexibility index (Phi) is 4.63. The van der Waals surface area contributed by atoms with Crippen molar-refractivity contribution in [1.29, 1.82) is 0 Å². The second kappa shape index (κ2) is 6.29. The van der Waals surface area contributed by atoms with Gasteiger partial charge in [0.1, 0.15) is 0 Å². The summed E-state index contributed by atoms with van der Waals surface area (Å²) in [5.74, 6) is 0.641. The molecule has 0 spiro atoms. The van der Waals surface area contributed by atoms with Crippen molar-refractivity contribution in [1.82, 2.24) is 25.2 Å². The normalized spacial score (nSPS) is 11.9. The van der Waals surface area contributed by atoms with Crippen LogP contribution in [0.15, 0.2) is 16.8 Å². The predicted molar refractivity (Wildman–Crippen MR) is 82.0 cm³/mol. The van der Waals surface area contributed by atoms with Crippen molar-refractivity contribution in [3.63, 3.8) is 0 Å². The third-order valence-electron chi connectivity index (χ3n) is 3.62. The first-order chi connectivity index (χ1) is 10.4. The monoisotopic (exact) mass is 305 g/mol. The van der Waals surface area contributed by atoms with Crippen LogP contribution in [0.5, 0.6) is 0 Å². The van der Waals surface area contributed by atoms with Crippen LogP contribution in [0.4, 0.5) is 0 Å². The summed E-state index contributed by atoms with van der Waals surface area (Å²) < 4.78 is 7.22. The molecule has 0 bridgehead atoms. The molecule has 7 nitrogen and oxygen atoms in total. The number of nitrogens with zero attached hydrogens (tertiary/aromatic N) is 4. The van der Waals surface area contributed by atoms with Gasteiger partial charge in [-0.3, -0.25) is 9.48 Å². The number of hydrogen-bond donors (Lipinski definition) is 1. The molecule has 0 aliphatic rings. The van der Waals surface area contributed by atoms with E-state index in [9.17, 15) is 4.79 Å². The van der Waals surface area contributed by atoms with Gasteiger partial charge in [0.05, 0.1) is 11.6 Å². The van der Waals surface area contributed by atoms with Crippen LogP contribution in [-0.4, -0.2) is 25.8 Å². The summed E-state index contributed by atoms with van der Waals surface area (Å²) in [7, 11) is 0. The van der Waals surface area contributed by atoms with Crippen molar-refractivity contribution in [2.24, 2.45) is 0 Å². The van der Waals surface area contributed by atoms with Gasteiger partial charge in [-0.1, -0.05) is 19.0 Å². The standard InChI is InChI=1S/C15H23N5O2/c1-6-11(7-2)20-9-8-12(18-20)13-16-14(19-22-13)15(4,5)17-10(3)21/h8-9,11H,6-7H2,1-5H3,(H,17,21). The quantitative estimate of drug-likeness (QED) is 0.886. The highest BCUT2D eigenvalue weighted by molar-refractivity contribution is 5.73. The highest BCUT2D eigenvalue weighted by atomic mass is 16.5. The minimum atomic E-state index is -0.689. The van der Waals surface area contributed by atoms with Crippen LogP contribution in [0.2, 0.25) is 0 Å². The van der Waals surface area contributed by atoms with Gasteiger partial charge in [-0.2, -0.15) is 10.1 Å². The van der Waals surface area contributed by atoms with Crippen LogP contribution in [0.25, 0.3) is 11.6 Å². The zero-order valence-corrected chi connectivity index (χ0v) is 13.8. The molecule has 0 atom stereocenters. The van der Waals surface area contributed by atoms with Gasteiger partial charge < -0.3 is 9.84 Å². The third kappa shape index (κ3) is 3.35. The fourth-order valence-electron chi connectivity index (χ4n) is 2.40. The van der Waals surface area contributed by atoms with Crippen LogP contribution in [0.1, 0.15) is 59.3 Å². The lowest BCUT2D eigenvalue weighted by molar-refractivity contribution is -0.120. The SMILES string of the molecule is CCC(CC)n1ccc(-c2nc(C(C)(C)NC(C)=O)no2)n1. The second-order valence-corrected chi connectivity index (χ2v) is 5.88. The van der Waals surface area contributed by atoms with Crippen LogP contribution in [0, 0.1) is 0 Å². The van der Waals surface area contributed by atoms with E-state index in [0.29, 0.717) is 23.5 Å². The van der Waals surface area contributed by atoms with Gasteiger partial charge in [0.2, 0.25) is 5.91 Å². The van der Waals surface area contributed by atoms with Gasteiger partial charge in [0.25, 0.3) is 5.89 Å².